The van der Waals surface area contributed by atoms with Crippen molar-refractivity contribution in [3.63, 3.8) is 0 Å². The predicted molar refractivity (Wildman–Crippen MR) is 130 cm³/mol. The smallest absolute Gasteiger partial charge is 0.261 e. The Bertz CT molecular complexity index is 1290. The monoisotopic (exact) mass is 478 g/mol. The number of nitrogens with one attached hydrogen (secondary N) is 3. The van der Waals surface area contributed by atoms with Gasteiger partial charge in [0.25, 0.3) is 11.8 Å². The van der Waals surface area contributed by atoms with Crippen LogP contribution < -0.4 is 20.7 Å². The van der Waals surface area contributed by atoms with E-state index in [4.69, 9.17) is 4.74 Å². The molecule has 5 rings (SSSR count). The maximum atomic E-state index is 12.5. The predicted octanol–water partition coefficient (Wildman–Crippen LogP) is 2.05. The molecule has 1 atom stereocenters. The number of carbonyl (C=O) groups is 2. The molecule has 1 aliphatic heterocycles. The van der Waals surface area contributed by atoms with E-state index in [1.807, 2.05) is 25.1 Å². The van der Waals surface area contributed by atoms with Crippen molar-refractivity contribution in [3.8, 4) is 17.1 Å². The number of fused-ring (bicyclic) bond motifs is 1. The van der Waals surface area contributed by atoms with E-state index in [1.54, 1.807) is 30.6 Å². The van der Waals surface area contributed by atoms with Crippen LogP contribution in [-0.4, -0.2) is 62.4 Å². The van der Waals surface area contributed by atoms with Crippen LogP contribution in [0.25, 0.3) is 16.9 Å². The van der Waals surface area contributed by atoms with Crippen molar-refractivity contribution in [2.45, 2.75) is 57.8 Å². The van der Waals surface area contributed by atoms with Crippen LogP contribution >= 0.6 is 0 Å². The molecule has 10 nitrogen and oxygen atoms in total. The largest absolute Gasteiger partial charge is 0.463 e. The first-order chi connectivity index (χ1) is 16.7. The van der Waals surface area contributed by atoms with Gasteiger partial charge in [0.15, 0.2) is 11.8 Å². The third kappa shape index (κ3) is 5.07. The second-order valence-electron chi connectivity index (χ2n) is 9.90. The number of hydrogen-bond acceptors (Lipinski definition) is 7. The Morgan fingerprint density at radius 1 is 1.29 bits per heavy atom. The van der Waals surface area contributed by atoms with Crippen LogP contribution in [0.3, 0.4) is 0 Å². The standard InChI is InChI=1S/C25H30N6O4/c1-14-10-15(4-7-17(14)23(32)29-16-5-6-16)19-12-27-22-18(28-13-25(2,3)34)11-21(30-31(19)22)35-20-8-9-26-24(20)33/h4,7,10-12,16,20,28,34H,5-6,8-9,13H2,1-3H3,(H,26,33)(H,29,32)/t20-/m0/s1. The van der Waals surface area contributed by atoms with E-state index in [0.29, 0.717) is 41.6 Å². The fraction of sp³-hybridized carbons (Fsp3) is 0.440. The SMILES string of the molecule is Cc1cc(-c2cnc3c(NCC(C)(C)O)cc(O[C@H]4CCNC4=O)nn23)ccc1C(=O)NC1CC1. The Hall–Kier alpha value is -3.66. The summed E-state index contributed by atoms with van der Waals surface area (Å²) < 4.78 is 7.58. The number of anilines is 1. The second kappa shape index (κ2) is 8.84. The van der Waals surface area contributed by atoms with Crippen molar-refractivity contribution >= 4 is 23.1 Å². The van der Waals surface area contributed by atoms with Crippen LogP contribution in [0.15, 0.2) is 30.5 Å². The van der Waals surface area contributed by atoms with Crippen LogP contribution in [0, 0.1) is 6.92 Å². The molecule has 1 saturated carbocycles. The number of aryl methyl sites for hydroxylation is 1. The Morgan fingerprint density at radius 2 is 2.09 bits per heavy atom. The highest BCUT2D eigenvalue weighted by molar-refractivity contribution is 5.96. The lowest BCUT2D eigenvalue weighted by Crippen LogP contribution is -2.30. The molecule has 2 aliphatic rings. The van der Waals surface area contributed by atoms with Gasteiger partial charge in [-0.05, 0) is 51.3 Å². The van der Waals surface area contributed by atoms with Crippen molar-refractivity contribution < 1.29 is 19.4 Å². The Morgan fingerprint density at radius 3 is 2.74 bits per heavy atom. The molecule has 1 aliphatic carbocycles. The van der Waals surface area contributed by atoms with Gasteiger partial charge < -0.3 is 25.8 Å². The number of nitrogens with zero attached hydrogens (tertiary/aromatic N) is 3. The molecule has 0 bridgehead atoms. The van der Waals surface area contributed by atoms with Crippen molar-refractivity contribution in [3.05, 3.63) is 41.6 Å². The van der Waals surface area contributed by atoms with E-state index < -0.39 is 11.7 Å². The third-order valence-electron chi connectivity index (χ3n) is 6.10. The zero-order valence-corrected chi connectivity index (χ0v) is 20.1. The molecule has 10 heteroatoms. The second-order valence-corrected chi connectivity index (χ2v) is 9.90. The minimum Gasteiger partial charge on any atom is -0.463 e. The maximum Gasteiger partial charge on any atom is 0.261 e. The summed E-state index contributed by atoms with van der Waals surface area (Å²) in [4.78, 5) is 29.2. The maximum absolute atomic E-state index is 12.5. The van der Waals surface area contributed by atoms with Gasteiger partial charge in [-0.3, -0.25) is 9.59 Å². The van der Waals surface area contributed by atoms with Crippen molar-refractivity contribution in [1.82, 2.24) is 25.2 Å². The molecular formula is C25H30N6O4. The molecule has 35 heavy (non-hydrogen) atoms. The Balaban J connectivity index is 1.51. The zero-order chi connectivity index (χ0) is 24.7. The first kappa shape index (κ1) is 23.1. The van der Waals surface area contributed by atoms with Crippen molar-refractivity contribution in [1.29, 1.82) is 0 Å². The molecule has 1 saturated heterocycles. The minimum atomic E-state index is -0.948. The summed E-state index contributed by atoms with van der Waals surface area (Å²) in [5, 5.41) is 23.8. The van der Waals surface area contributed by atoms with Gasteiger partial charge in [-0.1, -0.05) is 6.07 Å². The van der Waals surface area contributed by atoms with E-state index in [-0.39, 0.29) is 24.2 Å². The third-order valence-corrected chi connectivity index (χ3v) is 6.10. The van der Waals surface area contributed by atoms with Crippen LogP contribution in [0.2, 0.25) is 0 Å². The lowest BCUT2D eigenvalue weighted by molar-refractivity contribution is -0.125. The highest BCUT2D eigenvalue weighted by Gasteiger charge is 2.28. The number of imidazole rings is 1. The van der Waals surface area contributed by atoms with Gasteiger partial charge in [-0.15, -0.1) is 5.10 Å². The molecule has 2 amide bonds. The fourth-order valence-corrected chi connectivity index (χ4v) is 4.04. The van der Waals surface area contributed by atoms with Gasteiger partial charge in [0, 0.05) is 42.7 Å². The number of carbonyl (C=O) groups excluding carboxylic acids is 2. The number of ether oxygens (including phenoxy) is 1. The lowest BCUT2D eigenvalue weighted by atomic mass is 10.0. The first-order valence-corrected chi connectivity index (χ1v) is 11.9. The molecule has 2 fully saturated rings. The topological polar surface area (TPSA) is 130 Å². The van der Waals surface area contributed by atoms with Gasteiger partial charge in [-0.25, -0.2) is 9.50 Å². The minimum absolute atomic E-state index is 0.0588. The summed E-state index contributed by atoms with van der Waals surface area (Å²) >= 11 is 0. The summed E-state index contributed by atoms with van der Waals surface area (Å²) in [6.45, 7) is 6.16. The quantitative estimate of drug-likeness (QED) is 0.390. The van der Waals surface area contributed by atoms with Crippen LogP contribution in [-0.2, 0) is 4.79 Å². The normalized spacial score (nSPS) is 17.9. The molecule has 2 aromatic heterocycles. The van der Waals surface area contributed by atoms with Gasteiger partial charge >= 0.3 is 0 Å². The van der Waals surface area contributed by atoms with Gasteiger partial charge in [-0.2, -0.15) is 0 Å². The number of amides is 2. The number of hydrogen-bond donors (Lipinski definition) is 4. The number of rotatable bonds is 8. The zero-order valence-electron chi connectivity index (χ0n) is 20.1. The molecule has 0 radical (unpaired) electrons. The van der Waals surface area contributed by atoms with Crippen LogP contribution in [0.1, 0.15) is 49.0 Å². The fourth-order valence-electron chi connectivity index (χ4n) is 4.04. The van der Waals surface area contributed by atoms with E-state index in [1.165, 1.54) is 0 Å². The van der Waals surface area contributed by atoms with Crippen molar-refractivity contribution in [2.24, 2.45) is 0 Å². The average molecular weight is 479 g/mol. The van der Waals surface area contributed by atoms with Crippen LogP contribution in [0.4, 0.5) is 5.69 Å². The number of aliphatic hydroxyl groups is 1. The van der Waals surface area contributed by atoms with Gasteiger partial charge in [0.2, 0.25) is 5.88 Å². The highest BCUT2D eigenvalue weighted by Crippen LogP contribution is 2.29. The summed E-state index contributed by atoms with van der Waals surface area (Å²) in [5.41, 5.74) is 3.28. The molecule has 1 aromatic carbocycles. The van der Waals surface area contributed by atoms with Crippen molar-refractivity contribution in [2.75, 3.05) is 18.4 Å². The molecule has 4 N–H and O–H groups in total. The van der Waals surface area contributed by atoms with E-state index in [2.05, 4.69) is 26.0 Å². The van der Waals surface area contributed by atoms with E-state index in [9.17, 15) is 14.7 Å². The van der Waals surface area contributed by atoms with E-state index in [0.717, 1.165) is 24.0 Å². The summed E-state index contributed by atoms with van der Waals surface area (Å²) in [5.74, 6) is 0.0464. The molecule has 3 heterocycles. The van der Waals surface area contributed by atoms with E-state index >= 15 is 0 Å². The molecule has 3 aromatic rings. The summed E-state index contributed by atoms with van der Waals surface area (Å²) in [6.07, 6.45) is 3.73. The molecule has 184 valence electrons. The highest BCUT2D eigenvalue weighted by atomic mass is 16.5. The number of benzene rings is 1. The average Bonchev–Trinajstić information content (AvgIpc) is 3.36. The summed E-state index contributed by atoms with van der Waals surface area (Å²) in [7, 11) is 0. The Labute approximate surface area is 203 Å². The molecule has 0 unspecified atom stereocenters. The van der Waals surface area contributed by atoms with Gasteiger partial charge in [0.05, 0.1) is 23.2 Å². The van der Waals surface area contributed by atoms with Gasteiger partial charge in [0.1, 0.15) is 0 Å². The lowest BCUT2D eigenvalue weighted by Gasteiger charge is -2.19. The molecule has 0 spiro atoms. The summed E-state index contributed by atoms with van der Waals surface area (Å²) in [6, 6.07) is 7.62. The first-order valence-electron chi connectivity index (χ1n) is 11.9. The van der Waals surface area contributed by atoms with Crippen LogP contribution in [0.5, 0.6) is 5.88 Å². The Kier molecular flexibility index (Phi) is 5.84. The molecular weight excluding hydrogens is 448 g/mol. The number of aromatic nitrogens is 3.